The lowest BCUT2D eigenvalue weighted by Gasteiger charge is -2.19. The largest absolute Gasteiger partial charge is 0.512 e. The standard InChI is InChI=1S/C11H16N2O5S/c1-6-8(17-10(15)16)19-7(13-6)5-12-9(14)18-11(2,3)4/h5H2,1-4H3,(H,12,14)(H,15,16). The Kier molecular flexibility index (Phi) is 4.71. The highest BCUT2D eigenvalue weighted by Crippen LogP contribution is 2.26. The molecular formula is C11H16N2O5S. The van der Waals surface area contributed by atoms with Gasteiger partial charge in [0.1, 0.15) is 10.6 Å². The minimum absolute atomic E-state index is 0.156. The molecule has 2 N–H and O–H groups in total. The predicted molar refractivity (Wildman–Crippen MR) is 68.6 cm³/mol. The highest BCUT2D eigenvalue weighted by Gasteiger charge is 2.17. The van der Waals surface area contributed by atoms with Crippen LogP contribution in [0.5, 0.6) is 5.06 Å². The molecule has 1 rings (SSSR count). The van der Waals surface area contributed by atoms with Crippen molar-refractivity contribution in [3.8, 4) is 5.06 Å². The molecule has 19 heavy (non-hydrogen) atoms. The van der Waals surface area contributed by atoms with Crippen molar-refractivity contribution in [2.45, 2.75) is 39.8 Å². The van der Waals surface area contributed by atoms with Gasteiger partial charge < -0.3 is 19.9 Å². The molecule has 0 radical (unpaired) electrons. The zero-order valence-electron chi connectivity index (χ0n) is 11.1. The Morgan fingerprint density at radius 2 is 2.05 bits per heavy atom. The Bertz CT molecular complexity index is 478. The first kappa shape index (κ1) is 15.2. The Hall–Kier alpha value is -1.83. The third-order valence-electron chi connectivity index (χ3n) is 1.76. The number of alkyl carbamates (subject to hydrolysis) is 1. The number of aromatic nitrogens is 1. The van der Waals surface area contributed by atoms with Gasteiger partial charge >= 0.3 is 12.2 Å². The van der Waals surface area contributed by atoms with E-state index in [9.17, 15) is 9.59 Å². The van der Waals surface area contributed by atoms with E-state index in [0.717, 1.165) is 11.3 Å². The van der Waals surface area contributed by atoms with Crippen LogP contribution in [0.25, 0.3) is 0 Å². The summed E-state index contributed by atoms with van der Waals surface area (Å²) in [6.45, 7) is 7.08. The van der Waals surface area contributed by atoms with E-state index in [1.165, 1.54) is 0 Å². The average molecular weight is 288 g/mol. The van der Waals surface area contributed by atoms with Crippen LogP contribution in [0.1, 0.15) is 31.5 Å². The number of carboxylic acid groups (broad SMARTS) is 1. The minimum atomic E-state index is -1.39. The van der Waals surface area contributed by atoms with Gasteiger partial charge in [-0.3, -0.25) is 0 Å². The molecule has 106 valence electrons. The number of carbonyl (C=O) groups excluding carboxylic acids is 1. The summed E-state index contributed by atoms with van der Waals surface area (Å²) in [6.07, 6.45) is -1.94. The summed E-state index contributed by atoms with van der Waals surface area (Å²) in [5, 5.41) is 11.8. The van der Waals surface area contributed by atoms with Crippen LogP contribution < -0.4 is 10.1 Å². The first-order valence-electron chi connectivity index (χ1n) is 5.51. The normalized spacial score (nSPS) is 10.9. The van der Waals surface area contributed by atoms with Crippen LogP contribution in [0.3, 0.4) is 0 Å². The number of rotatable bonds is 3. The summed E-state index contributed by atoms with van der Waals surface area (Å²) < 4.78 is 9.60. The molecule has 0 aliphatic carbocycles. The van der Waals surface area contributed by atoms with Gasteiger partial charge in [0.05, 0.1) is 12.2 Å². The van der Waals surface area contributed by atoms with Crippen molar-refractivity contribution in [2.24, 2.45) is 0 Å². The number of nitrogens with zero attached hydrogens (tertiary/aromatic N) is 1. The molecule has 1 aromatic rings. The number of thiazole rings is 1. The minimum Gasteiger partial charge on any atom is -0.449 e. The van der Waals surface area contributed by atoms with E-state index in [1.807, 2.05) is 0 Å². The van der Waals surface area contributed by atoms with Gasteiger partial charge in [0.25, 0.3) is 0 Å². The first-order valence-corrected chi connectivity index (χ1v) is 6.33. The number of amides is 1. The fraction of sp³-hybridized carbons (Fsp3) is 0.545. The van der Waals surface area contributed by atoms with Gasteiger partial charge in [-0.05, 0) is 27.7 Å². The van der Waals surface area contributed by atoms with Gasteiger partial charge in [-0.2, -0.15) is 0 Å². The second kappa shape index (κ2) is 5.87. The lowest BCUT2D eigenvalue weighted by atomic mass is 10.2. The zero-order valence-corrected chi connectivity index (χ0v) is 12.0. The summed E-state index contributed by atoms with van der Waals surface area (Å²) in [6, 6.07) is 0. The summed E-state index contributed by atoms with van der Waals surface area (Å²) >= 11 is 1.06. The van der Waals surface area contributed by atoms with Gasteiger partial charge in [-0.15, -0.1) is 0 Å². The number of hydrogen-bond donors (Lipinski definition) is 2. The first-order chi connectivity index (χ1) is 8.67. The van der Waals surface area contributed by atoms with Crippen LogP contribution in [0.4, 0.5) is 9.59 Å². The topological polar surface area (TPSA) is 97.8 Å². The fourth-order valence-electron chi connectivity index (χ4n) is 1.15. The maximum Gasteiger partial charge on any atom is 0.512 e. The monoisotopic (exact) mass is 288 g/mol. The molecular weight excluding hydrogens is 272 g/mol. The quantitative estimate of drug-likeness (QED) is 0.829. The number of hydrogen-bond acceptors (Lipinski definition) is 6. The van der Waals surface area contributed by atoms with Gasteiger partial charge in [0, 0.05) is 0 Å². The molecule has 0 atom stereocenters. The lowest BCUT2D eigenvalue weighted by Crippen LogP contribution is -2.32. The van der Waals surface area contributed by atoms with Crippen molar-refractivity contribution >= 4 is 23.6 Å². The summed E-state index contributed by atoms with van der Waals surface area (Å²) in [5.41, 5.74) is -0.103. The van der Waals surface area contributed by atoms with E-state index >= 15 is 0 Å². The van der Waals surface area contributed by atoms with Gasteiger partial charge in [0.2, 0.25) is 5.06 Å². The second-order valence-electron chi connectivity index (χ2n) is 4.70. The van der Waals surface area contributed by atoms with Crippen LogP contribution >= 0.6 is 11.3 Å². The van der Waals surface area contributed by atoms with E-state index in [0.29, 0.717) is 10.7 Å². The van der Waals surface area contributed by atoms with Crippen LogP contribution in [0.15, 0.2) is 0 Å². The molecule has 0 saturated heterocycles. The highest BCUT2D eigenvalue weighted by molar-refractivity contribution is 7.13. The highest BCUT2D eigenvalue weighted by atomic mass is 32.1. The summed E-state index contributed by atoms with van der Waals surface area (Å²) in [5.74, 6) is 0. The van der Waals surface area contributed by atoms with Gasteiger partial charge in [-0.1, -0.05) is 11.3 Å². The van der Waals surface area contributed by atoms with Crippen LogP contribution in [-0.2, 0) is 11.3 Å². The smallest absolute Gasteiger partial charge is 0.449 e. The van der Waals surface area contributed by atoms with Crippen LogP contribution in [-0.4, -0.2) is 27.9 Å². The number of nitrogens with one attached hydrogen (secondary N) is 1. The molecule has 0 fully saturated rings. The third kappa shape index (κ3) is 5.56. The molecule has 0 spiro atoms. The number of carbonyl (C=O) groups is 2. The maximum absolute atomic E-state index is 11.4. The Balaban J connectivity index is 2.54. The molecule has 0 aromatic carbocycles. The van der Waals surface area contributed by atoms with E-state index < -0.39 is 17.8 Å². The van der Waals surface area contributed by atoms with Gasteiger partial charge in [0.15, 0.2) is 0 Å². The Morgan fingerprint density at radius 3 is 2.58 bits per heavy atom. The lowest BCUT2D eigenvalue weighted by molar-refractivity contribution is 0.0523. The van der Waals surface area contributed by atoms with E-state index in [-0.39, 0.29) is 11.6 Å². The zero-order chi connectivity index (χ0) is 14.6. The summed E-state index contributed by atoms with van der Waals surface area (Å²) in [4.78, 5) is 25.9. The Morgan fingerprint density at radius 1 is 1.42 bits per heavy atom. The third-order valence-corrected chi connectivity index (χ3v) is 2.80. The maximum atomic E-state index is 11.4. The average Bonchev–Trinajstić information content (AvgIpc) is 2.53. The van der Waals surface area contributed by atoms with E-state index in [2.05, 4.69) is 15.0 Å². The molecule has 1 aromatic heterocycles. The summed E-state index contributed by atoms with van der Waals surface area (Å²) in [7, 11) is 0. The van der Waals surface area contributed by atoms with Crippen molar-refractivity contribution in [3.05, 3.63) is 10.7 Å². The molecule has 0 saturated carbocycles. The molecule has 8 heteroatoms. The van der Waals surface area contributed by atoms with Crippen LogP contribution in [0.2, 0.25) is 0 Å². The van der Waals surface area contributed by atoms with Crippen LogP contribution in [0, 0.1) is 6.92 Å². The number of aryl methyl sites for hydroxylation is 1. The molecule has 0 bridgehead atoms. The van der Waals surface area contributed by atoms with Crippen molar-refractivity contribution < 1.29 is 24.2 Å². The predicted octanol–water partition coefficient (Wildman–Crippen LogP) is 2.53. The van der Waals surface area contributed by atoms with Gasteiger partial charge in [-0.25, -0.2) is 14.6 Å². The Labute approximate surface area is 114 Å². The molecule has 1 heterocycles. The molecule has 0 aliphatic rings. The molecule has 7 nitrogen and oxygen atoms in total. The molecule has 0 unspecified atom stereocenters. The SMILES string of the molecule is Cc1nc(CNC(=O)OC(C)(C)C)sc1OC(=O)O. The number of ether oxygens (including phenoxy) is 2. The van der Waals surface area contributed by atoms with E-state index in [1.54, 1.807) is 27.7 Å². The van der Waals surface area contributed by atoms with Crippen molar-refractivity contribution in [3.63, 3.8) is 0 Å². The van der Waals surface area contributed by atoms with E-state index in [4.69, 9.17) is 9.84 Å². The van der Waals surface area contributed by atoms with Crippen molar-refractivity contribution in [1.82, 2.24) is 10.3 Å². The molecule has 0 aliphatic heterocycles. The second-order valence-corrected chi connectivity index (χ2v) is 5.75. The van der Waals surface area contributed by atoms with Crippen molar-refractivity contribution in [1.29, 1.82) is 0 Å². The molecule has 1 amide bonds. The van der Waals surface area contributed by atoms with Crippen molar-refractivity contribution in [2.75, 3.05) is 0 Å². The fourth-order valence-corrected chi connectivity index (χ4v) is 2.00.